The van der Waals surface area contributed by atoms with Crippen LogP contribution >= 0.6 is 23.2 Å². The molecule has 3 nitrogen and oxygen atoms in total. The van der Waals surface area contributed by atoms with Gasteiger partial charge in [-0.15, -0.1) is 0 Å². The average molecular weight is 403 g/mol. The Morgan fingerprint density at radius 1 is 1.15 bits per heavy atom. The Morgan fingerprint density at radius 2 is 1.85 bits per heavy atom. The average Bonchev–Trinajstić information content (AvgIpc) is 3.17. The molecule has 27 heavy (non-hydrogen) atoms. The summed E-state index contributed by atoms with van der Waals surface area (Å²) in [5.41, 5.74) is 4.39. The minimum absolute atomic E-state index is 0.0473. The van der Waals surface area contributed by atoms with Crippen LogP contribution in [0.4, 0.5) is 5.69 Å². The summed E-state index contributed by atoms with van der Waals surface area (Å²) in [5.74, 6) is -0.157. The molecule has 2 aromatic rings. The Kier molecular flexibility index (Phi) is 5.31. The summed E-state index contributed by atoms with van der Waals surface area (Å²) < 4.78 is 0. The van der Waals surface area contributed by atoms with Crippen LogP contribution < -0.4 is 10.6 Å². The molecule has 0 aromatic heterocycles. The zero-order valence-corrected chi connectivity index (χ0v) is 17.2. The van der Waals surface area contributed by atoms with Crippen LogP contribution in [0.3, 0.4) is 0 Å². The van der Waals surface area contributed by atoms with E-state index in [9.17, 15) is 5.11 Å². The van der Waals surface area contributed by atoms with Crippen molar-refractivity contribution in [2.75, 3.05) is 12.4 Å². The van der Waals surface area contributed by atoms with Gasteiger partial charge in [-0.1, -0.05) is 42.4 Å². The fraction of sp³-hybridized carbons (Fsp3) is 0.273. The molecule has 0 spiro atoms. The van der Waals surface area contributed by atoms with Crippen molar-refractivity contribution in [3.63, 3.8) is 0 Å². The highest BCUT2D eigenvalue weighted by Gasteiger charge is 2.62. The predicted molar refractivity (Wildman–Crippen MR) is 115 cm³/mol. The van der Waals surface area contributed by atoms with Gasteiger partial charge in [0.25, 0.3) is 0 Å². The molecule has 1 fully saturated rings. The fourth-order valence-electron chi connectivity index (χ4n) is 3.76. The van der Waals surface area contributed by atoms with E-state index in [4.69, 9.17) is 23.2 Å². The Labute approximate surface area is 170 Å². The third-order valence-corrected chi connectivity index (χ3v) is 5.73. The molecule has 142 valence electrons. The van der Waals surface area contributed by atoms with E-state index >= 15 is 0 Å². The molecule has 3 rings (SSSR count). The highest BCUT2D eigenvalue weighted by atomic mass is 35.5. The SMILES string of the molecule is C=C(NC)c1cc(NC(=C)C2C(c3cc(C)cc(Cl)c3)C2(C)O)ccc1Cl. The number of aliphatic hydroxyl groups is 1. The molecular weight excluding hydrogens is 379 g/mol. The van der Waals surface area contributed by atoms with E-state index in [1.165, 1.54) is 0 Å². The summed E-state index contributed by atoms with van der Waals surface area (Å²) in [4.78, 5) is 0. The Morgan fingerprint density at radius 3 is 2.48 bits per heavy atom. The van der Waals surface area contributed by atoms with E-state index in [1.54, 1.807) is 7.05 Å². The second-order valence-corrected chi connectivity index (χ2v) is 8.16. The van der Waals surface area contributed by atoms with Crippen molar-refractivity contribution in [3.8, 4) is 0 Å². The highest BCUT2D eigenvalue weighted by molar-refractivity contribution is 6.32. The van der Waals surface area contributed by atoms with Crippen molar-refractivity contribution in [1.29, 1.82) is 0 Å². The minimum Gasteiger partial charge on any atom is -0.389 e. The van der Waals surface area contributed by atoms with Crippen molar-refractivity contribution in [2.24, 2.45) is 5.92 Å². The van der Waals surface area contributed by atoms with Crippen molar-refractivity contribution in [2.45, 2.75) is 25.4 Å². The molecule has 3 atom stereocenters. The van der Waals surface area contributed by atoms with Crippen LogP contribution in [0.25, 0.3) is 5.70 Å². The number of hydrogen-bond acceptors (Lipinski definition) is 3. The normalized spacial score (nSPS) is 23.6. The van der Waals surface area contributed by atoms with Crippen LogP contribution in [0.1, 0.15) is 29.5 Å². The highest BCUT2D eigenvalue weighted by Crippen LogP contribution is 2.60. The third-order valence-electron chi connectivity index (χ3n) is 5.18. The summed E-state index contributed by atoms with van der Waals surface area (Å²) in [6.45, 7) is 12.0. The smallest absolute Gasteiger partial charge is 0.0784 e. The standard InChI is InChI=1S/C22H24Cl2N2O/c1-12-8-15(10-16(23)9-12)21-20(22(21,4)27)14(3)26-17-6-7-19(24)18(11-17)13(2)25-5/h6-11,20-21,25-27H,2-3H2,1,4-5H3. The van der Waals surface area contributed by atoms with Crippen LogP contribution in [-0.2, 0) is 0 Å². The van der Waals surface area contributed by atoms with Gasteiger partial charge in [0, 0.05) is 51.6 Å². The molecule has 2 aromatic carbocycles. The number of hydrogen-bond donors (Lipinski definition) is 3. The van der Waals surface area contributed by atoms with Crippen molar-refractivity contribution < 1.29 is 5.11 Å². The molecule has 5 heteroatoms. The van der Waals surface area contributed by atoms with E-state index < -0.39 is 5.60 Å². The predicted octanol–water partition coefficient (Wildman–Crippen LogP) is 5.58. The van der Waals surface area contributed by atoms with Crippen molar-refractivity contribution in [1.82, 2.24) is 5.32 Å². The van der Waals surface area contributed by atoms with Gasteiger partial charge in [-0.25, -0.2) is 0 Å². The van der Waals surface area contributed by atoms with Crippen LogP contribution in [0.5, 0.6) is 0 Å². The minimum atomic E-state index is -0.870. The van der Waals surface area contributed by atoms with E-state index in [0.29, 0.717) is 10.0 Å². The number of rotatable bonds is 6. The molecule has 3 N–H and O–H groups in total. The molecular formula is C22H24Cl2N2O. The first-order valence-corrected chi connectivity index (χ1v) is 9.52. The Hall–Kier alpha value is -1.94. The van der Waals surface area contributed by atoms with Crippen molar-refractivity contribution >= 4 is 34.6 Å². The summed E-state index contributed by atoms with van der Waals surface area (Å²) in [6.07, 6.45) is 0. The van der Waals surface area contributed by atoms with Gasteiger partial charge in [0.2, 0.25) is 0 Å². The van der Waals surface area contributed by atoms with Gasteiger partial charge in [-0.2, -0.15) is 0 Å². The van der Waals surface area contributed by atoms with E-state index in [2.05, 4.69) is 29.9 Å². The molecule has 1 aliphatic rings. The summed E-state index contributed by atoms with van der Waals surface area (Å²) >= 11 is 12.5. The lowest BCUT2D eigenvalue weighted by atomic mass is 10.0. The Bertz CT molecular complexity index is 900. The maximum absolute atomic E-state index is 10.9. The molecule has 0 bridgehead atoms. The lowest BCUT2D eigenvalue weighted by Gasteiger charge is -2.14. The first kappa shape index (κ1) is 19.8. The van der Waals surface area contributed by atoms with Crippen LogP contribution in [-0.4, -0.2) is 17.8 Å². The lowest BCUT2D eigenvalue weighted by molar-refractivity contribution is 0.153. The van der Waals surface area contributed by atoms with E-state index in [1.807, 2.05) is 44.2 Å². The topological polar surface area (TPSA) is 44.3 Å². The van der Waals surface area contributed by atoms with Crippen molar-refractivity contribution in [3.05, 3.63) is 82.0 Å². The molecule has 0 heterocycles. The number of nitrogens with one attached hydrogen (secondary N) is 2. The largest absolute Gasteiger partial charge is 0.389 e. The molecule has 0 aliphatic heterocycles. The van der Waals surface area contributed by atoms with Gasteiger partial charge >= 0.3 is 0 Å². The first-order chi connectivity index (χ1) is 12.6. The van der Waals surface area contributed by atoms with Gasteiger partial charge in [0.05, 0.1) is 5.60 Å². The van der Waals surface area contributed by atoms with Gasteiger partial charge in [0.15, 0.2) is 0 Å². The van der Waals surface area contributed by atoms with Gasteiger partial charge < -0.3 is 15.7 Å². The first-order valence-electron chi connectivity index (χ1n) is 8.77. The number of anilines is 1. The van der Waals surface area contributed by atoms with Crippen LogP contribution in [0, 0.1) is 12.8 Å². The maximum atomic E-state index is 10.9. The van der Waals surface area contributed by atoms with Crippen LogP contribution in [0.15, 0.2) is 55.3 Å². The lowest BCUT2D eigenvalue weighted by Crippen LogP contribution is -2.10. The second-order valence-electron chi connectivity index (χ2n) is 7.32. The van der Waals surface area contributed by atoms with Crippen LogP contribution in [0.2, 0.25) is 10.0 Å². The number of aryl methyl sites for hydroxylation is 1. The van der Waals surface area contributed by atoms with E-state index in [-0.39, 0.29) is 11.8 Å². The zero-order chi connectivity index (χ0) is 19.9. The summed E-state index contributed by atoms with van der Waals surface area (Å²) in [5, 5.41) is 18.5. The zero-order valence-electron chi connectivity index (χ0n) is 15.7. The fourth-order valence-corrected chi connectivity index (χ4v) is 4.29. The van der Waals surface area contributed by atoms with Gasteiger partial charge in [0.1, 0.15) is 0 Å². The number of benzene rings is 2. The molecule has 1 aliphatic carbocycles. The summed E-state index contributed by atoms with van der Waals surface area (Å²) in [7, 11) is 1.80. The summed E-state index contributed by atoms with van der Waals surface area (Å²) in [6, 6.07) is 11.5. The molecule has 0 amide bonds. The quantitative estimate of drug-likeness (QED) is 0.590. The van der Waals surface area contributed by atoms with E-state index in [0.717, 1.165) is 33.8 Å². The van der Waals surface area contributed by atoms with Gasteiger partial charge in [-0.3, -0.25) is 0 Å². The second kappa shape index (κ2) is 7.23. The third kappa shape index (κ3) is 3.86. The maximum Gasteiger partial charge on any atom is 0.0784 e. The molecule has 0 radical (unpaired) electrons. The molecule has 0 saturated heterocycles. The van der Waals surface area contributed by atoms with Gasteiger partial charge in [-0.05, 0) is 55.3 Å². The monoisotopic (exact) mass is 402 g/mol. The molecule has 1 saturated carbocycles. The molecule has 3 unspecified atom stereocenters. The Balaban J connectivity index is 1.81. The number of halogens is 2.